The van der Waals surface area contributed by atoms with Crippen molar-refractivity contribution in [3.63, 3.8) is 0 Å². The fourth-order valence-electron chi connectivity index (χ4n) is 3.35. The Morgan fingerprint density at radius 2 is 2.00 bits per heavy atom. The first-order valence-corrected chi connectivity index (χ1v) is 7.89. The van der Waals surface area contributed by atoms with Crippen molar-refractivity contribution in [2.75, 3.05) is 0 Å². The highest BCUT2D eigenvalue weighted by Crippen LogP contribution is 2.34. The quantitative estimate of drug-likeness (QED) is 0.911. The molecule has 1 N–H and O–H groups in total. The minimum absolute atomic E-state index is 0.571. The highest BCUT2D eigenvalue weighted by Gasteiger charge is 2.31. The van der Waals surface area contributed by atoms with Gasteiger partial charge in [-0.3, -0.25) is 0 Å². The molecule has 3 rings (SSSR count). The molecule has 1 aliphatic rings. The van der Waals surface area contributed by atoms with E-state index in [9.17, 15) is 0 Å². The first kappa shape index (κ1) is 14.3. The van der Waals surface area contributed by atoms with Crippen molar-refractivity contribution in [2.24, 2.45) is 11.8 Å². The zero-order valence-corrected chi connectivity index (χ0v) is 12.7. The summed E-state index contributed by atoms with van der Waals surface area (Å²) in [6.07, 6.45) is 3.85. The number of hydrogen-bond donors (Lipinski definition) is 1. The molecule has 0 radical (unpaired) electrons. The van der Waals surface area contributed by atoms with Crippen molar-refractivity contribution in [3.05, 3.63) is 36.2 Å². The molecule has 0 bridgehead atoms. The minimum Gasteiger partial charge on any atom is -0.419 e. The van der Waals surface area contributed by atoms with Crippen LogP contribution in [-0.2, 0) is 6.54 Å². The van der Waals surface area contributed by atoms with Crippen LogP contribution in [0.15, 0.2) is 34.7 Å². The Bertz CT molecular complexity index is 566. The molecular weight excluding hydrogens is 262 g/mol. The lowest BCUT2D eigenvalue weighted by Gasteiger charge is -2.20. The summed E-state index contributed by atoms with van der Waals surface area (Å²) in [5.41, 5.74) is 0.969. The van der Waals surface area contributed by atoms with Crippen molar-refractivity contribution < 1.29 is 4.42 Å². The standard InChI is InChI=1S/C17H23N3O/c1-3-13-9-10-15(12(13)2)18-11-16-19-20-17(21-16)14-7-5-4-6-8-14/h4-8,12-13,15,18H,3,9-11H2,1-2H3. The van der Waals surface area contributed by atoms with Crippen molar-refractivity contribution in [3.8, 4) is 11.5 Å². The van der Waals surface area contributed by atoms with Crippen molar-refractivity contribution in [2.45, 2.75) is 45.7 Å². The molecule has 3 unspecified atom stereocenters. The molecular formula is C17H23N3O. The number of nitrogens with one attached hydrogen (secondary N) is 1. The molecule has 0 spiro atoms. The fourth-order valence-corrected chi connectivity index (χ4v) is 3.35. The van der Waals surface area contributed by atoms with Crippen LogP contribution in [0.25, 0.3) is 11.5 Å². The average molecular weight is 285 g/mol. The Hall–Kier alpha value is -1.68. The molecule has 21 heavy (non-hydrogen) atoms. The van der Waals surface area contributed by atoms with Crippen LogP contribution in [0.3, 0.4) is 0 Å². The molecule has 0 amide bonds. The molecule has 1 aliphatic carbocycles. The van der Waals surface area contributed by atoms with Gasteiger partial charge in [0.15, 0.2) is 0 Å². The second-order valence-corrected chi connectivity index (χ2v) is 5.96. The van der Waals surface area contributed by atoms with E-state index in [1.165, 1.54) is 19.3 Å². The average Bonchev–Trinajstić information content (AvgIpc) is 3.13. The van der Waals surface area contributed by atoms with Crippen molar-refractivity contribution in [1.82, 2.24) is 15.5 Å². The smallest absolute Gasteiger partial charge is 0.247 e. The Kier molecular flexibility index (Phi) is 4.34. The van der Waals surface area contributed by atoms with E-state index < -0.39 is 0 Å². The van der Waals surface area contributed by atoms with Crippen LogP contribution in [0.5, 0.6) is 0 Å². The molecule has 112 valence electrons. The molecule has 1 aromatic heterocycles. The van der Waals surface area contributed by atoms with Crippen LogP contribution >= 0.6 is 0 Å². The van der Waals surface area contributed by atoms with Gasteiger partial charge in [0, 0.05) is 11.6 Å². The van der Waals surface area contributed by atoms with Gasteiger partial charge in [0.2, 0.25) is 11.8 Å². The van der Waals surface area contributed by atoms with Gasteiger partial charge in [0.1, 0.15) is 0 Å². The van der Waals surface area contributed by atoms with Crippen molar-refractivity contribution in [1.29, 1.82) is 0 Å². The molecule has 0 saturated heterocycles. The van der Waals surface area contributed by atoms with Gasteiger partial charge in [0.25, 0.3) is 0 Å². The molecule has 3 atom stereocenters. The van der Waals surface area contributed by atoms with E-state index in [0.29, 0.717) is 24.4 Å². The van der Waals surface area contributed by atoms with Gasteiger partial charge < -0.3 is 9.73 Å². The van der Waals surface area contributed by atoms with Crippen LogP contribution in [0.2, 0.25) is 0 Å². The summed E-state index contributed by atoms with van der Waals surface area (Å²) >= 11 is 0. The number of nitrogens with zero attached hydrogens (tertiary/aromatic N) is 2. The normalized spacial score (nSPS) is 25.3. The lowest BCUT2D eigenvalue weighted by Crippen LogP contribution is -2.32. The van der Waals surface area contributed by atoms with Crippen LogP contribution in [0, 0.1) is 11.8 Å². The highest BCUT2D eigenvalue weighted by molar-refractivity contribution is 5.51. The summed E-state index contributed by atoms with van der Waals surface area (Å²) in [6, 6.07) is 10.5. The van der Waals surface area contributed by atoms with E-state index in [1.807, 2.05) is 30.3 Å². The molecule has 1 saturated carbocycles. The van der Waals surface area contributed by atoms with Gasteiger partial charge >= 0.3 is 0 Å². The van der Waals surface area contributed by atoms with E-state index in [4.69, 9.17) is 4.42 Å². The summed E-state index contributed by atoms with van der Waals surface area (Å²) in [4.78, 5) is 0. The van der Waals surface area contributed by atoms with Gasteiger partial charge in [-0.25, -0.2) is 0 Å². The summed E-state index contributed by atoms with van der Waals surface area (Å²) in [7, 11) is 0. The molecule has 4 heteroatoms. The van der Waals surface area contributed by atoms with Gasteiger partial charge in [0.05, 0.1) is 6.54 Å². The second-order valence-electron chi connectivity index (χ2n) is 5.96. The maximum atomic E-state index is 5.73. The zero-order chi connectivity index (χ0) is 14.7. The summed E-state index contributed by atoms with van der Waals surface area (Å²) in [5.74, 6) is 2.84. The fraction of sp³-hybridized carbons (Fsp3) is 0.529. The second kappa shape index (κ2) is 6.39. The number of rotatable bonds is 5. The predicted molar refractivity (Wildman–Crippen MR) is 82.5 cm³/mol. The van der Waals surface area contributed by atoms with Gasteiger partial charge in [-0.2, -0.15) is 0 Å². The highest BCUT2D eigenvalue weighted by atomic mass is 16.4. The summed E-state index contributed by atoms with van der Waals surface area (Å²) < 4.78 is 5.73. The van der Waals surface area contributed by atoms with Crippen LogP contribution < -0.4 is 5.32 Å². The maximum Gasteiger partial charge on any atom is 0.247 e. The van der Waals surface area contributed by atoms with E-state index in [2.05, 4.69) is 29.4 Å². The minimum atomic E-state index is 0.571. The Labute approximate surface area is 126 Å². The first-order chi connectivity index (χ1) is 10.3. The molecule has 1 aromatic carbocycles. The third kappa shape index (κ3) is 3.16. The Morgan fingerprint density at radius 3 is 2.71 bits per heavy atom. The van der Waals surface area contributed by atoms with E-state index in [0.717, 1.165) is 17.4 Å². The molecule has 1 heterocycles. The first-order valence-electron chi connectivity index (χ1n) is 7.89. The van der Waals surface area contributed by atoms with Crippen molar-refractivity contribution >= 4 is 0 Å². The van der Waals surface area contributed by atoms with E-state index >= 15 is 0 Å². The maximum absolute atomic E-state index is 5.73. The van der Waals surface area contributed by atoms with Crippen LogP contribution in [0.4, 0.5) is 0 Å². The lowest BCUT2D eigenvalue weighted by atomic mass is 9.93. The van der Waals surface area contributed by atoms with Gasteiger partial charge in [-0.1, -0.05) is 38.5 Å². The molecule has 1 fully saturated rings. The Morgan fingerprint density at radius 1 is 1.19 bits per heavy atom. The number of aromatic nitrogens is 2. The van der Waals surface area contributed by atoms with Gasteiger partial charge in [-0.15, -0.1) is 10.2 Å². The van der Waals surface area contributed by atoms with E-state index in [-0.39, 0.29) is 0 Å². The predicted octanol–water partition coefficient (Wildman–Crippen LogP) is 3.65. The third-order valence-electron chi connectivity index (χ3n) is 4.75. The zero-order valence-electron chi connectivity index (χ0n) is 12.7. The van der Waals surface area contributed by atoms with Crippen LogP contribution in [0.1, 0.15) is 39.0 Å². The molecule has 4 nitrogen and oxygen atoms in total. The van der Waals surface area contributed by atoms with E-state index in [1.54, 1.807) is 0 Å². The summed E-state index contributed by atoms with van der Waals surface area (Å²) in [6.45, 7) is 5.29. The molecule has 0 aliphatic heterocycles. The number of benzene rings is 1. The largest absolute Gasteiger partial charge is 0.419 e. The monoisotopic (exact) mass is 285 g/mol. The van der Waals surface area contributed by atoms with Crippen LogP contribution in [-0.4, -0.2) is 16.2 Å². The summed E-state index contributed by atoms with van der Waals surface area (Å²) in [5, 5.41) is 11.8. The number of hydrogen-bond acceptors (Lipinski definition) is 4. The SMILES string of the molecule is CCC1CCC(NCc2nnc(-c3ccccc3)o2)C1C. The Balaban J connectivity index is 1.59. The lowest BCUT2D eigenvalue weighted by molar-refractivity contribution is 0.333. The third-order valence-corrected chi connectivity index (χ3v) is 4.75. The molecule has 2 aromatic rings. The topological polar surface area (TPSA) is 51.0 Å². The van der Waals surface area contributed by atoms with Gasteiger partial charge in [-0.05, 0) is 36.8 Å².